The van der Waals surface area contributed by atoms with Gasteiger partial charge in [-0.15, -0.1) is 0 Å². The average molecular weight is 329 g/mol. The minimum Gasteiger partial charge on any atom is -0.400 e. The van der Waals surface area contributed by atoms with Crippen molar-refractivity contribution in [2.24, 2.45) is 0 Å². The Morgan fingerprint density at radius 1 is 0.870 bits per heavy atom. The van der Waals surface area contributed by atoms with Gasteiger partial charge in [0, 0.05) is 19.8 Å². The lowest BCUT2D eigenvalue weighted by Crippen LogP contribution is -2.53. The first-order chi connectivity index (χ1) is 10.6. The highest BCUT2D eigenvalue weighted by Gasteiger charge is 2.24. The first kappa shape index (κ1) is 24.3. The van der Waals surface area contributed by atoms with Gasteiger partial charge in [0.25, 0.3) is 0 Å². The van der Waals surface area contributed by atoms with Crippen LogP contribution >= 0.6 is 0 Å². The number of aliphatic hydroxyl groups excluding tert-OH is 2. The van der Waals surface area contributed by atoms with Crippen molar-refractivity contribution in [3.8, 4) is 0 Å². The number of benzene rings is 1. The molecule has 0 saturated carbocycles. The van der Waals surface area contributed by atoms with E-state index in [0.717, 1.165) is 36.4 Å². The number of quaternary nitrogens is 2. The summed E-state index contributed by atoms with van der Waals surface area (Å²) in [6.07, 6.45) is 1.21. The molecular weight excluding hydrogens is 288 g/mol. The summed E-state index contributed by atoms with van der Waals surface area (Å²) in [7, 11) is 13.4. The molecule has 1 aromatic carbocycles. The number of hydrogen-bond acceptors (Lipinski definition) is 2. The van der Waals surface area contributed by atoms with Gasteiger partial charge in [-0.05, 0) is 17.9 Å². The van der Waals surface area contributed by atoms with Crippen LogP contribution < -0.4 is 0 Å². The second kappa shape index (κ2) is 11.6. The number of nitrogens with zero attached hydrogens (tertiary/aromatic N) is 2. The highest BCUT2D eigenvalue weighted by Crippen LogP contribution is 2.20. The Kier molecular flexibility index (Phi) is 12.2. The maximum Gasteiger partial charge on any atom is 0.206 e. The fraction of sp³-hybridized carbons (Fsp3) is 0.684. The minimum atomic E-state index is 0.669. The van der Waals surface area contributed by atoms with E-state index in [1.165, 1.54) is 17.5 Å². The highest BCUT2D eigenvalue weighted by molar-refractivity contribution is 5.24. The maximum absolute atomic E-state index is 7.00. The highest BCUT2D eigenvalue weighted by atomic mass is 16.2. The van der Waals surface area contributed by atoms with E-state index in [0.29, 0.717) is 5.92 Å². The molecule has 0 amide bonds. The average Bonchev–Trinajstić information content (AvgIpc) is 2.48. The standard InChI is InChI=1S/C17H32N2.2CH4O/c1-8-15(2)17-11-9-16(10-12-17)13-19(6,7)14-18(3,4)5;2*1-2/h9-12,15H,8,13-14H2,1-7H3;2*2H,1H3/q+2;;. The molecule has 4 nitrogen and oxygen atoms in total. The topological polar surface area (TPSA) is 40.5 Å². The van der Waals surface area contributed by atoms with Crippen LogP contribution in [0.15, 0.2) is 24.3 Å². The van der Waals surface area contributed by atoms with Crippen molar-refractivity contribution in [1.82, 2.24) is 0 Å². The number of aliphatic hydroxyl groups is 2. The van der Waals surface area contributed by atoms with E-state index in [-0.39, 0.29) is 0 Å². The second-order valence-corrected chi connectivity index (χ2v) is 7.58. The van der Waals surface area contributed by atoms with Gasteiger partial charge in [-0.25, -0.2) is 0 Å². The Balaban J connectivity index is 0. The normalized spacial score (nSPS) is 12.5. The largest absolute Gasteiger partial charge is 0.400 e. The van der Waals surface area contributed by atoms with Crippen LogP contribution in [0.1, 0.15) is 37.3 Å². The van der Waals surface area contributed by atoms with Crippen molar-refractivity contribution in [3.63, 3.8) is 0 Å². The molecule has 0 heterocycles. The van der Waals surface area contributed by atoms with Gasteiger partial charge in [-0.2, -0.15) is 0 Å². The first-order valence-electron chi connectivity index (χ1n) is 8.24. The Bertz CT molecular complexity index is 395. The van der Waals surface area contributed by atoms with Crippen molar-refractivity contribution in [2.45, 2.75) is 32.7 Å². The predicted molar refractivity (Wildman–Crippen MR) is 100 cm³/mol. The zero-order valence-electron chi connectivity index (χ0n) is 16.8. The molecule has 0 bridgehead atoms. The van der Waals surface area contributed by atoms with Gasteiger partial charge in [0.2, 0.25) is 6.67 Å². The monoisotopic (exact) mass is 328 g/mol. The van der Waals surface area contributed by atoms with Gasteiger partial charge in [0.15, 0.2) is 0 Å². The summed E-state index contributed by atoms with van der Waals surface area (Å²) in [5.74, 6) is 0.669. The van der Waals surface area contributed by atoms with Crippen LogP contribution in [-0.4, -0.2) is 75.3 Å². The second-order valence-electron chi connectivity index (χ2n) is 7.58. The van der Waals surface area contributed by atoms with Gasteiger partial charge in [0.1, 0.15) is 6.54 Å². The van der Waals surface area contributed by atoms with E-state index in [4.69, 9.17) is 10.2 Å². The lowest BCUT2D eigenvalue weighted by Gasteiger charge is -2.36. The molecule has 0 aromatic heterocycles. The van der Waals surface area contributed by atoms with Crippen LogP contribution in [0.3, 0.4) is 0 Å². The van der Waals surface area contributed by atoms with Crippen molar-refractivity contribution in [1.29, 1.82) is 0 Å². The van der Waals surface area contributed by atoms with Crippen LogP contribution in [0.4, 0.5) is 0 Å². The van der Waals surface area contributed by atoms with Crippen LogP contribution in [0.5, 0.6) is 0 Å². The van der Waals surface area contributed by atoms with Crippen LogP contribution in [0.2, 0.25) is 0 Å². The molecule has 1 atom stereocenters. The quantitative estimate of drug-likeness (QED) is 0.622. The van der Waals surface area contributed by atoms with Crippen molar-refractivity contribution < 1.29 is 19.2 Å². The molecule has 1 rings (SSSR count). The molecule has 23 heavy (non-hydrogen) atoms. The molecule has 4 heteroatoms. The lowest BCUT2D eigenvalue weighted by atomic mass is 9.97. The minimum absolute atomic E-state index is 0.669. The zero-order chi connectivity index (χ0) is 18.7. The molecule has 136 valence electrons. The Labute approximate surface area is 144 Å². The van der Waals surface area contributed by atoms with E-state index in [2.05, 4.69) is 73.4 Å². The van der Waals surface area contributed by atoms with Crippen LogP contribution in [-0.2, 0) is 6.54 Å². The maximum atomic E-state index is 7.00. The van der Waals surface area contributed by atoms with Gasteiger partial charge in [-0.1, -0.05) is 38.1 Å². The Hall–Kier alpha value is -0.940. The Morgan fingerprint density at radius 2 is 1.30 bits per heavy atom. The van der Waals surface area contributed by atoms with Crippen molar-refractivity contribution in [3.05, 3.63) is 35.4 Å². The molecule has 0 aliphatic carbocycles. The summed E-state index contributed by atoms with van der Waals surface area (Å²) < 4.78 is 2.02. The van der Waals surface area contributed by atoms with E-state index < -0.39 is 0 Å². The van der Waals surface area contributed by atoms with E-state index in [1.807, 2.05) is 0 Å². The van der Waals surface area contributed by atoms with Gasteiger partial charge >= 0.3 is 0 Å². The van der Waals surface area contributed by atoms with Gasteiger partial charge < -0.3 is 10.2 Å². The van der Waals surface area contributed by atoms with Crippen LogP contribution in [0, 0.1) is 0 Å². The fourth-order valence-corrected chi connectivity index (χ4v) is 2.88. The third-order valence-corrected chi connectivity index (χ3v) is 3.58. The van der Waals surface area contributed by atoms with E-state index >= 15 is 0 Å². The lowest BCUT2D eigenvalue weighted by molar-refractivity contribution is -1.07. The van der Waals surface area contributed by atoms with Crippen molar-refractivity contribution in [2.75, 3.05) is 56.1 Å². The smallest absolute Gasteiger partial charge is 0.206 e. The Morgan fingerprint density at radius 3 is 1.65 bits per heavy atom. The van der Waals surface area contributed by atoms with Gasteiger partial charge in [0.05, 0.1) is 35.2 Å². The molecule has 0 spiro atoms. The number of hydrogen-bond donors (Lipinski definition) is 2. The molecule has 1 aromatic rings. The first-order valence-corrected chi connectivity index (χ1v) is 8.24. The third-order valence-electron chi connectivity index (χ3n) is 3.58. The molecule has 0 aliphatic heterocycles. The van der Waals surface area contributed by atoms with Crippen LogP contribution in [0.25, 0.3) is 0 Å². The molecule has 0 saturated heterocycles. The third kappa shape index (κ3) is 11.3. The molecule has 1 unspecified atom stereocenters. The van der Waals surface area contributed by atoms with Gasteiger partial charge in [-0.3, -0.25) is 8.97 Å². The van der Waals surface area contributed by atoms with Crippen molar-refractivity contribution >= 4 is 0 Å². The molecular formula is C19H40N2O2+2. The summed E-state index contributed by atoms with van der Waals surface area (Å²) in [4.78, 5) is 0. The zero-order valence-corrected chi connectivity index (χ0v) is 16.8. The summed E-state index contributed by atoms with van der Waals surface area (Å²) in [6, 6.07) is 9.21. The molecule has 0 radical (unpaired) electrons. The summed E-state index contributed by atoms with van der Waals surface area (Å²) in [6.45, 7) is 6.77. The van der Waals surface area contributed by atoms with E-state index in [1.54, 1.807) is 0 Å². The summed E-state index contributed by atoms with van der Waals surface area (Å²) in [5, 5.41) is 14.0. The molecule has 2 N–H and O–H groups in total. The molecule has 0 aliphatic rings. The number of rotatable bonds is 6. The summed E-state index contributed by atoms with van der Waals surface area (Å²) >= 11 is 0. The van der Waals surface area contributed by atoms with E-state index in [9.17, 15) is 0 Å². The summed E-state index contributed by atoms with van der Waals surface area (Å²) in [5.41, 5.74) is 2.90. The fourth-order valence-electron chi connectivity index (χ4n) is 2.88. The predicted octanol–water partition coefficient (Wildman–Crippen LogP) is 2.66. The molecule has 0 fully saturated rings. The SMILES string of the molecule is CCC(C)c1ccc(C[N+](C)(C)C[N+](C)(C)C)cc1.CO.CO.